The molecule has 0 spiro atoms. The number of hydrogen-bond acceptors (Lipinski definition) is 12. The Bertz CT molecular complexity index is 839. The van der Waals surface area contributed by atoms with E-state index < -0.39 is 67.0 Å². The Morgan fingerprint density at radius 3 is 1.53 bits per heavy atom. The molecule has 0 amide bonds. The highest BCUT2D eigenvalue weighted by atomic mass is 16.3. The molecule has 45 heavy (non-hydrogen) atoms. The maximum atomic E-state index is 12.3. The number of rotatable bonds is 27. The molecule has 0 radical (unpaired) electrons. The summed E-state index contributed by atoms with van der Waals surface area (Å²) in [5, 5.41) is 101. The lowest BCUT2D eigenvalue weighted by Gasteiger charge is -2.20. The van der Waals surface area contributed by atoms with Gasteiger partial charge in [-0.15, -0.1) is 0 Å². The first kappa shape index (κ1) is 43.5. The molecule has 12 N–H and O–H groups in total. The normalized spacial score (nSPS) is 20.1. The molecule has 0 aliphatic rings. The Labute approximate surface area is 268 Å². The van der Waals surface area contributed by atoms with E-state index in [9.17, 15) is 55.9 Å². The zero-order valence-electron chi connectivity index (χ0n) is 27.0. The summed E-state index contributed by atoms with van der Waals surface area (Å²) in [6, 6.07) is 0. The first-order valence-corrected chi connectivity index (χ1v) is 16.2. The van der Waals surface area contributed by atoms with E-state index in [1.807, 2.05) is 6.92 Å². The lowest BCUT2D eigenvalue weighted by Crippen LogP contribution is -2.30. The molecule has 0 aromatic carbocycles. The summed E-state index contributed by atoms with van der Waals surface area (Å²) in [5.41, 5.74) is 5.40. The second-order valence-electron chi connectivity index (χ2n) is 12.2. The van der Waals surface area contributed by atoms with E-state index in [1.54, 1.807) is 25.2 Å². The number of aliphatic hydroxyl groups excluding tert-OH is 10. The van der Waals surface area contributed by atoms with Gasteiger partial charge in [-0.25, -0.2) is 0 Å². The van der Waals surface area contributed by atoms with Crippen molar-refractivity contribution in [1.29, 1.82) is 0 Å². The number of carbonyl (C=O) groups is 1. The van der Waals surface area contributed by atoms with Crippen LogP contribution in [0.5, 0.6) is 0 Å². The van der Waals surface area contributed by atoms with Crippen LogP contribution in [-0.4, -0.2) is 124 Å². The second-order valence-corrected chi connectivity index (χ2v) is 12.2. The Hall–Kier alpha value is -1.55. The fraction of sp³-hybridized carbons (Fsp3) is 0.788. The summed E-state index contributed by atoms with van der Waals surface area (Å²) < 4.78 is 0. The number of hydrogen-bond donors (Lipinski definition) is 11. The van der Waals surface area contributed by atoms with Crippen LogP contribution in [0.2, 0.25) is 0 Å². The average Bonchev–Trinajstić information content (AvgIpc) is 2.93. The largest absolute Gasteiger partial charge is 0.393 e. The molecule has 11 atom stereocenters. The van der Waals surface area contributed by atoms with Gasteiger partial charge in [-0.05, 0) is 71.3 Å². The van der Waals surface area contributed by atoms with Crippen LogP contribution in [0.3, 0.4) is 0 Å². The maximum Gasteiger partial charge on any atom is 0.140 e. The van der Waals surface area contributed by atoms with Crippen molar-refractivity contribution in [2.45, 2.75) is 152 Å². The number of ketones is 1. The molecule has 264 valence electrons. The third-order valence-corrected chi connectivity index (χ3v) is 7.61. The van der Waals surface area contributed by atoms with Crippen LogP contribution < -0.4 is 5.73 Å². The van der Waals surface area contributed by atoms with Gasteiger partial charge in [-0.3, -0.25) is 4.79 Å². The van der Waals surface area contributed by atoms with Crippen molar-refractivity contribution < 1.29 is 55.9 Å². The Kier molecular flexibility index (Phi) is 24.6. The molecular weight excluding hydrogens is 586 g/mol. The number of carbonyl (C=O) groups excluding carboxylic acids is 1. The fourth-order valence-electron chi connectivity index (χ4n) is 4.90. The highest BCUT2D eigenvalue weighted by Gasteiger charge is 2.25. The molecule has 0 saturated heterocycles. The number of nitrogens with two attached hydrogens (primary N) is 1. The average molecular weight is 648 g/mol. The van der Waals surface area contributed by atoms with Gasteiger partial charge < -0.3 is 56.8 Å². The molecule has 0 aliphatic carbocycles. The summed E-state index contributed by atoms with van der Waals surface area (Å²) >= 11 is 0. The van der Waals surface area contributed by atoms with Crippen molar-refractivity contribution in [2.75, 3.05) is 6.54 Å². The Morgan fingerprint density at radius 1 is 0.600 bits per heavy atom. The summed E-state index contributed by atoms with van der Waals surface area (Å²) in [7, 11) is 0. The summed E-state index contributed by atoms with van der Waals surface area (Å²) in [5.74, 6) is -0.976. The molecule has 0 saturated carbocycles. The minimum atomic E-state index is -1.12. The minimum Gasteiger partial charge on any atom is -0.393 e. The molecular formula is C33H61NO11. The minimum absolute atomic E-state index is 0.0479. The van der Waals surface area contributed by atoms with E-state index in [-0.39, 0.29) is 63.6 Å². The first-order valence-electron chi connectivity index (χ1n) is 16.2. The first-order chi connectivity index (χ1) is 21.2. The van der Waals surface area contributed by atoms with Crippen LogP contribution >= 0.6 is 0 Å². The number of allylic oxidation sites excluding steroid dienone is 1. The molecule has 12 nitrogen and oxygen atoms in total. The summed E-state index contributed by atoms with van der Waals surface area (Å²) in [6.45, 7) is 3.86. The van der Waals surface area contributed by atoms with E-state index in [0.29, 0.717) is 25.8 Å². The summed E-state index contributed by atoms with van der Waals surface area (Å²) in [6.07, 6.45) is 1.23. The van der Waals surface area contributed by atoms with Gasteiger partial charge in [0.1, 0.15) is 5.78 Å². The van der Waals surface area contributed by atoms with Crippen molar-refractivity contribution in [3.05, 3.63) is 36.5 Å². The van der Waals surface area contributed by atoms with Crippen molar-refractivity contribution in [3.8, 4) is 0 Å². The van der Waals surface area contributed by atoms with E-state index in [4.69, 9.17) is 5.73 Å². The Morgan fingerprint density at radius 2 is 1.04 bits per heavy atom. The van der Waals surface area contributed by atoms with Gasteiger partial charge in [0.25, 0.3) is 0 Å². The van der Waals surface area contributed by atoms with E-state index in [1.165, 1.54) is 18.2 Å². The Balaban J connectivity index is 4.33. The summed E-state index contributed by atoms with van der Waals surface area (Å²) in [4.78, 5) is 12.3. The van der Waals surface area contributed by atoms with Gasteiger partial charge in [0.2, 0.25) is 0 Å². The highest BCUT2D eigenvalue weighted by molar-refractivity contribution is 5.81. The molecule has 0 aromatic heterocycles. The predicted octanol–water partition coefficient (Wildman–Crippen LogP) is 0.129. The van der Waals surface area contributed by atoms with Gasteiger partial charge in [0, 0.05) is 25.2 Å². The zero-order valence-corrected chi connectivity index (χ0v) is 27.0. The SMILES string of the molecule is CC=CCC(O)C(C)C(=O)CC(O)CC(O)CC(O)C=CCC(O)CC(O)CC(O)CC(O)C=CCC(O)CC(O)CCCN. The zero-order chi connectivity index (χ0) is 34.4. The van der Waals surface area contributed by atoms with Crippen molar-refractivity contribution in [1.82, 2.24) is 0 Å². The third kappa shape index (κ3) is 23.4. The molecule has 0 fully saturated rings. The van der Waals surface area contributed by atoms with Gasteiger partial charge in [-0.1, -0.05) is 43.4 Å². The van der Waals surface area contributed by atoms with Gasteiger partial charge >= 0.3 is 0 Å². The maximum absolute atomic E-state index is 12.3. The molecule has 0 aliphatic heterocycles. The van der Waals surface area contributed by atoms with E-state index >= 15 is 0 Å². The number of Topliss-reactive ketones (excluding diaryl/α,β-unsaturated/α-hetero) is 1. The lowest BCUT2D eigenvalue weighted by molar-refractivity contribution is -0.127. The van der Waals surface area contributed by atoms with Crippen molar-refractivity contribution in [3.63, 3.8) is 0 Å². The third-order valence-electron chi connectivity index (χ3n) is 7.61. The van der Waals surface area contributed by atoms with Crippen LogP contribution in [0.25, 0.3) is 0 Å². The lowest BCUT2D eigenvalue weighted by atomic mass is 9.92. The van der Waals surface area contributed by atoms with E-state index in [0.717, 1.165) is 0 Å². The van der Waals surface area contributed by atoms with E-state index in [2.05, 4.69) is 0 Å². The van der Waals surface area contributed by atoms with Crippen molar-refractivity contribution >= 4 is 5.78 Å². The molecule has 0 heterocycles. The van der Waals surface area contributed by atoms with Gasteiger partial charge in [0.15, 0.2) is 0 Å². The van der Waals surface area contributed by atoms with Crippen LogP contribution in [0, 0.1) is 5.92 Å². The quantitative estimate of drug-likeness (QED) is 0.0533. The highest BCUT2D eigenvalue weighted by Crippen LogP contribution is 2.17. The monoisotopic (exact) mass is 647 g/mol. The molecule has 11 unspecified atom stereocenters. The molecule has 0 bridgehead atoms. The molecule has 0 rings (SSSR count). The van der Waals surface area contributed by atoms with Gasteiger partial charge in [0.05, 0.1) is 61.0 Å². The number of aliphatic hydroxyl groups is 10. The van der Waals surface area contributed by atoms with Crippen molar-refractivity contribution in [2.24, 2.45) is 11.7 Å². The fourth-order valence-corrected chi connectivity index (χ4v) is 4.90. The predicted molar refractivity (Wildman–Crippen MR) is 172 cm³/mol. The van der Waals surface area contributed by atoms with Crippen LogP contribution in [0.15, 0.2) is 36.5 Å². The van der Waals surface area contributed by atoms with Crippen LogP contribution in [-0.2, 0) is 4.79 Å². The molecule has 12 heteroatoms. The standard InChI is InChI=1S/C33H61NO11/c1-3-4-13-32(44)22(2)33(45)21-31(43)20-30(42)18-26(38)11-6-10-25(37)17-29(41)19-28(40)16-24(36)9-5-8-23(35)15-27(39)12-7-14-34/h3-6,9,11,22-32,35-44H,7-8,10,12-21,34H2,1-2H3. The van der Waals surface area contributed by atoms with Crippen LogP contribution in [0.1, 0.15) is 90.9 Å². The van der Waals surface area contributed by atoms with Gasteiger partial charge in [-0.2, -0.15) is 0 Å². The second kappa shape index (κ2) is 25.5. The molecule has 0 aromatic rings. The topological polar surface area (TPSA) is 245 Å². The smallest absolute Gasteiger partial charge is 0.140 e. The van der Waals surface area contributed by atoms with Crippen LogP contribution in [0.4, 0.5) is 0 Å².